The van der Waals surface area contributed by atoms with E-state index in [0.717, 1.165) is 12.0 Å². The first-order valence-corrected chi connectivity index (χ1v) is 7.64. The van der Waals surface area contributed by atoms with Crippen molar-refractivity contribution in [2.45, 2.75) is 31.5 Å². The second-order valence-electron chi connectivity index (χ2n) is 5.41. The molecular formula is C16H20N4O3. The van der Waals surface area contributed by atoms with Gasteiger partial charge in [0.15, 0.2) is 0 Å². The van der Waals surface area contributed by atoms with Gasteiger partial charge in [-0.2, -0.15) is 5.10 Å². The van der Waals surface area contributed by atoms with Crippen molar-refractivity contribution in [3.05, 3.63) is 42.4 Å². The van der Waals surface area contributed by atoms with E-state index < -0.39 is 0 Å². The summed E-state index contributed by atoms with van der Waals surface area (Å²) in [6.45, 7) is 1.20. The average Bonchev–Trinajstić information content (AvgIpc) is 3.25. The lowest BCUT2D eigenvalue weighted by Gasteiger charge is -2.20. The van der Waals surface area contributed by atoms with Gasteiger partial charge in [0.25, 0.3) is 0 Å². The number of rotatable bonds is 6. The smallest absolute Gasteiger partial charge is 0.222 e. The minimum atomic E-state index is -0.165. The molecule has 0 saturated carbocycles. The van der Waals surface area contributed by atoms with Crippen molar-refractivity contribution < 1.29 is 14.3 Å². The van der Waals surface area contributed by atoms with Gasteiger partial charge in [-0.05, 0) is 18.6 Å². The Kier molecular flexibility index (Phi) is 4.87. The van der Waals surface area contributed by atoms with Crippen molar-refractivity contribution in [1.82, 2.24) is 20.1 Å². The normalized spacial score (nSPS) is 20.4. The number of nitrogens with zero attached hydrogens (tertiary/aromatic N) is 3. The van der Waals surface area contributed by atoms with Crippen LogP contribution in [-0.4, -0.2) is 40.4 Å². The summed E-state index contributed by atoms with van der Waals surface area (Å²) in [7, 11) is 1.58. The maximum Gasteiger partial charge on any atom is 0.222 e. The predicted octanol–water partition coefficient (Wildman–Crippen LogP) is 1.32. The monoisotopic (exact) mass is 316 g/mol. The standard InChI is InChI=1S/C16H20N4O3/c1-22-15-4-3-12(11-17-15)16-13(6-10-23-16)19-14(21)5-9-20-8-2-7-18-20/h2-4,7-8,11,13,16H,5-6,9-10H2,1H3,(H,19,21)/t13-,16+/m0/s1. The number of ether oxygens (including phenoxy) is 2. The Morgan fingerprint density at radius 1 is 1.52 bits per heavy atom. The Morgan fingerprint density at radius 3 is 3.13 bits per heavy atom. The number of aryl methyl sites for hydroxylation is 1. The third-order valence-electron chi connectivity index (χ3n) is 3.86. The Labute approximate surface area is 134 Å². The van der Waals surface area contributed by atoms with E-state index in [1.807, 2.05) is 18.3 Å². The van der Waals surface area contributed by atoms with E-state index in [0.29, 0.717) is 25.5 Å². The quantitative estimate of drug-likeness (QED) is 0.869. The van der Waals surface area contributed by atoms with Crippen LogP contribution in [0.15, 0.2) is 36.8 Å². The van der Waals surface area contributed by atoms with Crippen LogP contribution in [0.5, 0.6) is 5.88 Å². The van der Waals surface area contributed by atoms with Crippen molar-refractivity contribution in [2.24, 2.45) is 0 Å². The number of aromatic nitrogens is 3. The Morgan fingerprint density at radius 2 is 2.43 bits per heavy atom. The van der Waals surface area contributed by atoms with Gasteiger partial charge in [0, 0.05) is 49.8 Å². The number of pyridine rings is 1. The zero-order chi connectivity index (χ0) is 16.1. The Bertz CT molecular complexity index is 627. The molecule has 1 aliphatic heterocycles. The van der Waals surface area contributed by atoms with Crippen LogP contribution in [0.4, 0.5) is 0 Å². The van der Waals surface area contributed by atoms with Crippen LogP contribution in [-0.2, 0) is 16.1 Å². The topological polar surface area (TPSA) is 78.3 Å². The van der Waals surface area contributed by atoms with Crippen LogP contribution in [0.2, 0.25) is 0 Å². The minimum Gasteiger partial charge on any atom is -0.481 e. The van der Waals surface area contributed by atoms with Gasteiger partial charge in [-0.15, -0.1) is 0 Å². The van der Waals surface area contributed by atoms with Crippen molar-refractivity contribution in [1.29, 1.82) is 0 Å². The highest BCUT2D eigenvalue weighted by Crippen LogP contribution is 2.29. The fraction of sp³-hybridized carbons (Fsp3) is 0.438. The molecule has 7 heteroatoms. The number of hydrogen-bond acceptors (Lipinski definition) is 5. The molecule has 0 radical (unpaired) electrons. The Hall–Kier alpha value is -2.41. The van der Waals surface area contributed by atoms with Gasteiger partial charge in [0.05, 0.1) is 13.2 Å². The van der Waals surface area contributed by atoms with E-state index in [1.54, 1.807) is 30.3 Å². The van der Waals surface area contributed by atoms with E-state index in [2.05, 4.69) is 15.4 Å². The van der Waals surface area contributed by atoms with Crippen LogP contribution in [0.25, 0.3) is 0 Å². The summed E-state index contributed by atoms with van der Waals surface area (Å²) in [6, 6.07) is 5.53. The molecule has 2 atom stereocenters. The average molecular weight is 316 g/mol. The molecule has 7 nitrogen and oxygen atoms in total. The largest absolute Gasteiger partial charge is 0.481 e. The van der Waals surface area contributed by atoms with Crippen molar-refractivity contribution in [3.63, 3.8) is 0 Å². The fourth-order valence-electron chi connectivity index (χ4n) is 2.67. The minimum absolute atomic E-state index is 0.00229. The van der Waals surface area contributed by atoms with Crippen molar-refractivity contribution in [2.75, 3.05) is 13.7 Å². The molecule has 2 aromatic heterocycles. The van der Waals surface area contributed by atoms with Crippen molar-refractivity contribution >= 4 is 5.91 Å². The predicted molar refractivity (Wildman–Crippen MR) is 82.9 cm³/mol. The first kappa shape index (κ1) is 15.5. The summed E-state index contributed by atoms with van der Waals surface area (Å²) in [6.07, 6.45) is 6.31. The summed E-state index contributed by atoms with van der Waals surface area (Å²) in [5.41, 5.74) is 0.945. The van der Waals surface area contributed by atoms with E-state index in [9.17, 15) is 4.79 Å². The molecule has 0 unspecified atom stereocenters. The molecule has 1 N–H and O–H groups in total. The number of nitrogens with one attached hydrogen (secondary N) is 1. The summed E-state index contributed by atoms with van der Waals surface area (Å²) >= 11 is 0. The van der Waals surface area contributed by atoms with Crippen LogP contribution in [0.1, 0.15) is 24.5 Å². The molecule has 23 heavy (non-hydrogen) atoms. The van der Waals surface area contributed by atoms with Gasteiger partial charge in [-0.1, -0.05) is 0 Å². The van der Waals surface area contributed by atoms with Gasteiger partial charge in [-0.3, -0.25) is 9.48 Å². The lowest BCUT2D eigenvalue weighted by molar-refractivity contribution is -0.122. The molecule has 1 fully saturated rings. The van der Waals surface area contributed by atoms with Crippen LogP contribution in [0.3, 0.4) is 0 Å². The second kappa shape index (κ2) is 7.23. The summed E-state index contributed by atoms with van der Waals surface area (Å²) in [5, 5.41) is 7.15. The van der Waals surface area contributed by atoms with E-state index in [-0.39, 0.29) is 18.1 Å². The molecular weight excluding hydrogens is 296 g/mol. The number of methoxy groups -OCH3 is 1. The molecule has 122 valence electrons. The molecule has 1 saturated heterocycles. The first-order chi connectivity index (χ1) is 11.3. The fourth-order valence-corrected chi connectivity index (χ4v) is 2.67. The number of amides is 1. The number of carbonyl (C=O) groups excluding carboxylic acids is 1. The molecule has 2 aromatic rings. The molecule has 0 aliphatic carbocycles. The summed E-state index contributed by atoms with van der Waals surface area (Å²) in [4.78, 5) is 16.3. The highest BCUT2D eigenvalue weighted by Gasteiger charge is 2.31. The maximum atomic E-state index is 12.1. The molecule has 0 bridgehead atoms. The molecule has 3 heterocycles. The lowest BCUT2D eigenvalue weighted by atomic mass is 10.0. The maximum absolute atomic E-state index is 12.1. The molecule has 0 aromatic carbocycles. The van der Waals surface area contributed by atoms with Gasteiger partial charge in [0.2, 0.25) is 11.8 Å². The SMILES string of the molecule is COc1ccc([C@H]2OCC[C@@H]2NC(=O)CCn2cccn2)cn1. The zero-order valence-electron chi connectivity index (χ0n) is 13.0. The lowest BCUT2D eigenvalue weighted by Crippen LogP contribution is -2.37. The van der Waals surface area contributed by atoms with Crippen LogP contribution in [0, 0.1) is 0 Å². The first-order valence-electron chi connectivity index (χ1n) is 7.64. The molecule has 1 amide bonds. The summed E-state index contributed by atoms with van der Waals surface area (Å²) < 4.78 is 12.6. The number of hydrogen-bond donors (Lipinski definition) is 1. The summed E-state index contributed by atoms with van der Waals surface area (Å²) in [5.74, 6) is 0.564. The molecule has 3 rings (SSSR count). The molecule has 1 aliphatic rings. The second-order valence-corrected chi connectivity index (χ2v) is 5.41. The Balaban J connectivity index is 1.56. The van der Waals surface area contributed by atoms with E-state index >= 15 is 0 Å². The van der Waals surface area contributed by atoms with Crippen molar-refractivity contribution in [3.8, 4) is 5.88 Å². The van der Waals surface area contributed by atoms with Gasteiger partial charge >= 0.3 is 0 Å². The van der Waals surface area contributed by atoms with Gasteiger partial charge < -0.3 is 14.8 Å². The van der Waals surface area contributed by atoms with Crippen LogP contribution >= 0.6 is 0 Å². The third-order valence-corrected chi connectivity index (χ3v) is 3.86. The molecule has 0 spiro atoms. The highest BCUT2D eigenvalue weighted by molar-refractivity contribution is 5.76. The van der Waals surface area contributed by atoms with E-state index in [4.69, 9.17) is 9.47 Å². The number of carbonyl (C=O) groups is 1. The highest BCUT2D eigenvalue weighted by atomic mass is 16.5. The van der Waals surface area contributed by atoms with Gasteiger partial charge in [-0.25, -0.2) is 4.98 Å². The van der Waals surface area contributed by atoms with E-state index in [1.165, 1.54) is 0 Å². The zero-order valence-corrected chi connectivity index (χ0v) is 13.0. The van der Waals surface area contributed by atoms with Crippen LogP contribution < -0.4 is 10.1 Å². The third kappa shape index (κ3) is 3.87. The van der Waals surface area contributed by atoms with Gasteiger partial charge in [0.1, 0.15) is 6.10 Å².